The van der Waals surface area contributed by atoms with Crippen molar-refractivity contribution in [1.29, 1.82) is 5.41 Å². The summed E-state index contributed by atoms with van der Waals surface area (Å²) in [5.74, 6) is 1.32. The predicted octanol–water partition coefficient (Wildman–Crippen LogP) is 1.54. The van der Waals surface area contributed by atoms with Gasteiger partial charge in [-0.2, -0.15) is 0 Å². The fraction of sp³-hybridized carbons (Fsp3) is 0.292. The molecule has 0 bridgehead atoms. The van der Waals surface area contributed by atoms with Gasteiger partial charge < -0.3 is 20.5 Å². The van der Waals surface area contributed by atoms with Crippen molar-refractivity contribution < 1.29 is 9.47 Å². The molecule has 3 aromatic rings. The number of methoxy groups -OCH3 is 2. The van der Waals surface area contributed by atoms with E-state index in [0.29, 0.717) is 37.4 Å². The van der Waals surface area contributed by atoms with Crippen LogP contribution in [0.3, 0.4) is 0 Å². The Morgan fingerprint density at radius 2 is 1.42 bits per heavy atom. The minimum Gasteiger partial charge on any atom is -0.497 e. The van der Waals surface area contributed by atoms with Gasteiger partial charge in [0.05, 0.1) is 27.3 Å². The number of nitrogens with one attached hydrogen (secondary N) is 2. The van der Waals surface area contributed by atoms with Crippen molar-refractivity contribution in [2.24, 2.45) is 5.73 Å². The Hall–Kier alpha value is -4.01. The molecule has 0 saturated heterocycles. The predicted molar refractivity (Wildman–Crippen MR) is 127 cm³/mol. The van der Waals surface area contributed by atoms with Gasteiger partial charge in [-0.3, -0.25) is 19.3 Å². The molecule has 0 aliphatic heterocycles. The first-order valence-corrected chi connectivity index (χ1v) is 10.6. The Morgan fingerprint density at radius 3 is 1.91 bits per heavy atom. The van der Waals surface area contributed by atoms with Gasteiger partial charge in [0.2, 0.25) is 0 Å². The third-order valence-corrected chi connectivity index (χ3v) is 5.29. The molecule has 0 aliphatic rings. The van der Waals surface area contributed by atoms with Gasteiger partial charge in [-0.15, -0.1) is 0 Å². The number of hydrogen-bond acceptors (Lipinski definition) is 5. The summed E-state index contributed by atoms with van der Waals surface area (Å²) >= 11 is 0. The number of aromatic nitrogens is 2. The normalized spacial score (nSPS) is 10.6. The second-order valence-electron chi connectivity index (χ2n) is 7.57. The summed E-state index contributed by atoms with van der Waals surface area (Å²) in [4.78, 5) is 26.3. The molecule has 9 heteroatoms. The molecule has 33 heavy (non-hydrogen) atoms. The maximum Gasteiger partial charge on any atom is 0.331 e. The van der Waals surface area contributed by atoms with Gasteiger partial charge in [-0.25, -0.2) is 4.79 Å². The first kappa shape index (κ1) is 23.6. The molecule has 2 aromatic carbocycles. The molecular weight excluding hydrogens is 422 g/mol. The number of benzene rings is 2. The van der Waals surface area contributed by atoms with Crippen molar-refractivity contribution >= 4 is 5.96 Å². The molecule has 1 heterocycles. The van der Waals surface area contributed by atoms with Crippen LogP contribution in [0.1, 0.15) is 23.2 Å². The van der Waals surface area contributed by atoms with Crippen LogP contribution in [0, 0.1) is 5.41 Å². The lowest BCUT2D eigenvalue weighted by Crippen LogP contribution is -2.41. The molecule has 0 unspecified atom stereocenters. The highest BCUT2D eigenvalue weighted by Crippen LogP contribution is 2.14. The number of rotatable bonds is 10. The molecule has 0 amide bonds. The van der Waals surface area contributed by atoms with E-state index in [2.05, 4.69) is 5.32 Å². The Bertz CT molecular complexity index is 1200. The molecule has 0 spiro atoms. The average Bonchev–Trinajstić information content (AvgIpc) is 2.82. The second kappa shape index (κ2) is 11.0. The van der Waals surface area contributed by atoms with Gasteiger partial charge in [0.15, 0.2) is 5.96 Å². The summed E-state index contributed by atoms with van der Waals surface area (Å²) in [6, 6.07) is 16.2. The minimum atomic E-state index is -0.372. The topological polar surface area (TPSA) is 124 Å². The van der Waals surface area contributed by atoms with E-state index in [0.717, 1.165) is 16.9 Å². The summed E-state index contributed by atoms with van der Waals surface area (Å²) in [6.07, 6.45) is 1.11. The summed E-state index contributed by atoms with van der Waals surface area (Å²) in [7, 11) is 3.18. The number of hydrogen-bond donors (Lipinski definition) is 3. The van der Waals surface area contributed by atoms with Crippen molar-refractivity contribution in [3.63, 3.8) is 0 Å². The quantitative estimate of drug-likeness (QED) is 0.244. The zero-order valence-corrected chi connectivity index (χ0v) is 18.8. The maximum absolute atomic E-state index is 13.4. The van der Waals surface area contributed by atoms with Gasteiger partial charge in [-0.1, -0.05) is 24.3 Å². The molecule has 4 N–H and O–H groups in total. The van der Waals surface area contributed by atoms with Crippen LogP contribution < -0.4 is 31.8 Å². The first-order chi connectivity index (χ1) is 15.9. The lowest BCUT2D eigenvalue weighted by molar-refractivity contribution is 0.414. The summed E-state index contributed by atoms with van der Waals surface area (Å²) in [5.41, 5.74) is 6.98. The van der Waals surface area contributed by atoms with Gasteiger partial charge in [-0.05, 0) is 48.2 Å². The van der Waals surface area contributed by atoms with E-state index < -0.39 is 0 Å². The van der Waals surface area contributed by atoms with E-state index in [1.54, 1.807) is 30.9 Å². The average molecular weight is 452 g/mol. The molecule has 9 nitrogen and oxygen atoms in total. The monoisotopic (exact) mass is 451 g/mol. The number of nitrogens with zero attached hydrogens (tertiary/aromatic N) is 2. The van der Waals surface area contributed by atoms with E-state index >= 15 is 0 Å². The Kier molecular flexibility index (Phi) is 7.91. The number of nitrogens with two attached hydrogens (primary N) is 1. The van der Waals surface area contributed by atoms with Crippen LogP contribution in [-0.4, -0.2) is 35.9 Å². The fourth-order valence-corrected chi connectivity index (χ4v) is 3.50. The minimum absolute atomic E-state index is 0.111. The molecule has 174 valence electrons. The van der Waals surface area contributed by atoms with Gasteiger partial charge in [0, 0.05) is 18.3 Å². The molecule has 0 fully saturated rings. The highest BCUT2D eigenvalue weighted by atomic mass is 16.5. The lowest BCUT2D eigenvalue weighted by Gasteiger charge is -2.16. The van der Waals surface area contributed by atoms with Crippen LogP contribution in [0.4, 0.5) is 0 Å². The molecule has 1 aromatic heterocycles. The third-order valence-electron chi connectivity index (χ3n) is 5.29. The standard InChI is InChI=1S/C24H29N5O4/c1-32-20-9-5-17(6-10-20)15-28-19(4-3-13-27-23(25)26)14-22(30)29(24(28)31)16-18-7-11-21(33-2)12-8-18/h5-12,14H,3-4,13,15-16H2,1-2H3,(H4,25,26,27). The largest absolute Gasteiger partial charge is 0.497 e. The lowest BCUT2D eigenvalue weighted by atomic mass is 10.1. The summed E-state index contributed by atoms with van der Waals surface area (Å²) in [5, 5.41) is 10.0. The zero-order valence-electron chi connectivity index (χ0n) is 18.8. The van der Waals surface area contributed by atoms with Crippen molar-refractivity contribution in [3.8, 4) is 11.5 Å². The molecule has 0 saturated carbocycles. The highest BCUT2D eigenvalue weighted by Gasteiger charge is 2.13. The molecular formula is C24H29N5O4. The Morgan fingerprint density at radius 1 is 0.909 bits per heavy atom. The zero-order chi connectivity index (χ0) is 23.8. The second-order valence-corrected chi connectivity index (χ2v) is 7.57. The molecule has 0 radical (unpaired) electrons. The van der Waals surface area contributed by atoms with E-state index in [1.165, 1.54) is 10.6 Å². The summed E-state index contributed by atoms with van der Waals surface area (Å²) in [6.45, 7) is 0.957. The number of aryl methyl sites for hydroxylation is 1. The molecule has 3 rings (SSSR count). The maximum atomic E-state index is 13.4. The highest BCUT2D eigenvalue weighted by molar-refractivity contribution is 5.74. The van der Waals surface area contributed by atoms with Gasteiger partial charge in [0.25, 0.3) is 5.56 Å². The Labute approximate surface area is 191 Å². The van der Waals surface area contributed by atoms with E-state index in [1.807, 2.05) is 36.4 Å². The van der Waals surface area contributed by atoms with Crippen LogP contribution in [-0.2, 0) is 19.5 Å². The van der Waals surface area contributed by atoms with Crippen molar-refractivity contribution in [2.45, 2.75) is 25.9 Å². The van der Waals surface area contributed by atoms with Crippen molar-refractivity contribution in [3.05, 3.63) is 92.3 Å². The Balaban J connectivity index is 1.94. The summed E-state index contributed by atoms with van der Waals surface area (Å²) < 4.78 is 13.3. The van der Waals surface area contributed by atoms with Crippen LogP contribution in [0.5, 0.6) is 11.5 Å². The van der Waals surface area contributed by atoms with Gasteiger partial charge in [0.1, 0.15) is 11.5 Å². The fourth-order valence-electron chi connectivity index (χ4n) is 3.50. The SMILES string of the molecule is COc1ccc(Cn2c(CCCNC(=N)N)cc(=O)n(Cc3ccc(OC)cc3)c2=O)cc1. The third kappa shape index (κ3) is 6.25. The first-order valence-electron chi connectivity index (χ1n) is 10.6. The van der Waals surface area contributed by atoms with Crippen LogP contribution in [0.2, 0.25) is 0 Å². The van der Waals surface area contributed by atoms with Crippen LogP contribution in [0.25, 0.3) is 0 Å². The smallest absolute Gasteiger partial charge is 0.331 e. The van der Waals surface area contributed by atoms with Crippen molar-refractivity contribution in [2.75, 3.05) is 20.8 Å². The number of ether oxygens (including phenoxy) is 2. The number of guanidine groups is 1. The molecule has 0 aliphatic carbocycles. The van der Waals surface area contributed by atoms with Crippen LogP contribution >= 0.6 is 0 Å². The van der Waals surface area contributed by atoms with Crippen molar-refractivity contribution in [1.82, 2.24) is 14.5 Å². The van der Waals surface area contributed by atoms with E-state index in [4.69, 9.17) is 20.6 Å². The van der Waals surface area contributed by atoms with Crippen LogP contribution in [0.15, 0.2) is 64.2 Å². The van der Waals surface area contributed by atoms with E-state index in [9.17, 15) is 9.59 Å². The molecule has 0 atom stereocenters. The van der Waals surface area contributed by atoms with Gasteiger partial charge >= 0.3 is 5.69 Å². The van der Waals surface area contributed by atoms with E-state index in [-0.39, 0.29) is 23.8 Å².